The summed E-state index contributed by atoms with van der Waals surface area (Å²) in [6.07, 6.45) is 1.63. The summed E-state index contributed by atoms with van der Waals surface area (Å²) < 4.78 is 0. The van der Waals surface area contributed by atoms with Crippen LogP contribution in [0.25, 0.3) is 0 Å². The van der Waals surface area contributed by atoms with Crippen LogP contribution < -0.4 is 10.6 Å². The summed E-state index contributed by atoms with van der Waals surface area (Å²) in [7, 11) is 0. The second-order valence-corrected chi connectivity index (χ2v) is 5.94. The van der Waals surface area contributed by atoms with Gasteiger partial charge in [-0.05, 0) is 25.5 Å². The van der Waals surface area contributed by atoms with Crippen molar-refractivity contribution in [3.05, 3.63) is 29.6 Å². The molecule has 0 bridgehead atoms. The van der Waals surface area contributed by atoms with E-state index < -0.39 is 5.92 Å². The Balaban J connectivity index is 2.09. The highest BCUT2D eigenvalue weighted by molar-refractivity contribution is 5.89. The van der Waals surface area contributed by atoms with Gasteiger partial charge in [-0.3, -0.25) is 19.4 Å². The van der Waals surface area contributed by atoms with E-state index in [1.165, 1.54) is 6.92 Å². The van der Waals surface area contributed by atoms with Crippen LogP contribution in [0.15, 0.2) is 18.3 Å². The predicted octanol–water partition coefficient (Wildman–Crippen LogP) is 0.168. The quantitative estimate of drug-likeness (QED) is 0.828. The molecule has 2 heterocycles. The fourth-order valence-electron chi connectivity index (χ4n) is 2.59. The number of carbonyl (C=O) groups is 3. The van der Waals surface area contributed by atoms with E-state index in [0.717, 1.165) is 5.56 Å². The normalized spacial score (nSPS) is 16.7. The number of nitrogens with zero attached hydrogens (tertiary/aromatic N) is 2. The number of aromatic nitrogens is 1. The average Bonchev–Trinajstić information content (AvgIpc) is 2.50. The Morgan fingerprint density at radius 2 is 2.13 bits per heavy atom. The van der Waals surface area contributed by atoms with Gasteiger partial charge in [0.15, 0.2) is 0 Å². The van der Waals surface area contributed by atoms with Gasteiger partial charge in [-0.2, -0.15) is 0 Å². The highest BCUT2D eigenvalue weighted by Crippen LogP contribution is 2.26. The van der Waals surface area contributed by atoms with Crippen molar-refractivity contribution in [1.82, 2.24) is 20.5 Å². The van der Waals surface area contributed by atoms with E-state index in [1.807, 2.05) is 19.9 Å². The third kappa shape index (κ3) is 4.28. The summed E-state index contributed by atoms with van der Waals surface area (Å²) >= 11 is 0. The molecule has 1 atom stereocenters. The molecule has 23 heavy (non-hydrogen) atoms. The first kappa shape index (κ1) is 16.9. The van der Waals surface area contributed by atoms with Crippen LogP contribution in [-0.2, 0) is 20.9 Å². The van der Waals surface area contributed by atoms with E-state index in [1.54, 1.807) is 17.2 Å². The second kappa shape index (κ2) is 7.21. The minimum Gasteiger partial charge on any atom is -0.352 e. The van der Waals surface area contributed by atoms with Gasteiger partial charge >= 0.3 is 0 Å². The molecule has 0 aliphatic carbocycles. The Kier molecular flexibility index (Phi) is 5.31. The Labute approximate surface area is 135 Å². The first-order chi connectivity index (χ1) is 10.9. The van der Waals surface area contributed by atoms with Crippen LogP contribution in [0.4, 0.5) is 0 Å². The number of pyridine rings is 1. The minimum atomic E-state index is -0.560. The Morgan fingerprint density at radius 3 is 2.78 bits per heavy atom. The molecule has 2 rings (SSSR count). The largest absolute Gasteiger partial charge is 0.352 e. The van der Waals surface area contributed by atoms with Crippen LogP contribution >= 0.6 is 0 Å². The molecule has 7 heteroatoms. The first-order valence-corrected chi connectivity index (χ1v) is 7.65. The zero-order valence-electron chi connectivity index (χ0n) is 13.6. The molecule has 0 spiro atoms. The molecule has 0 fully saturated rings. The SMILES string of the molecule is CC(=O)N1Cc2cccnc2C(C(=O)NCC(=O)NC(C)C)C1. The first-order valence-electron chi connectivity index (χ1n) is 7.65. The van der Waals surface area contributed by atoms with Crippen molar-refractivity contribution in [3.63, 3.8) is 0 Å². The molecule has 3 amide bonds. The summed E-state index contributed by atoms with van der Waals surface area (Å²) in [5.74, 6) is -1.19. The second-order valence-electron chi connectivity index (χ2n) is 5.94. The fourth-order valence-corrected chi connectivity index (χ4v) is 2.59. The maximum absolute atomic E-state index is 12.5. The number of amides is 3. The number of hydrogen-bond donors (Lipinski definition) is 2. The van der Waals surface area contributed by atoms with Crippen LogP contribution in [0, 0.1) is 0 Å². The molecule has 1 aromatic heterocycles. The van der Waals surface area contributed by atoms with Gasteiger partial charge in [0, 0.05) is 32.3 Å². The van der Waals surface area contributed by atoms with E-state index in [0.29, 0.717) is 12.2 Å². The molecule has 0 radical (unpaired) electrons. The van der Waals surface area contributed by atoms with Crippen molar-refractivity contribution in [2.45, 2.75) is 39.3 Å². The topological polar surface area (TPSA) is 91.4 Å². The van der Waals surface area contributed by atoms with Crippen LogP contribution in [0.5, 0.6) is 0 Å². The average molecular weight is 318 g/mol. The van der Waals surface area contributed by atoms with Gasteiger partial charge < -0.3 is 15.5 Å². The van der Waals surface area contributed by atoms with Crippen LogP contribution in [0.2, 0.25) is 0 Å². The third-order valence-electron chi connectivity index (χ3n) is 3.65. The molecule has 0 aromatic carbocycles. The van der Waals surface area contributed by atoms with Crippen molar-refractivity contribution in [1.29, 1.82) is 0 Å². The number of hydrogen-bond acceptors (Lipinski definition) is 4. The van der Waals surface area contributed by atoms with Gasteiger partial charge in [0.2, 0.25) is 17.7 Å². The van der Waals surface area contributed by atoms with E-state index in [2.05, 4.69) is 15.6 Å². The summed E-state index contributed by atoms with van der Waals surface area (Å²) in [4.78, 5) is 41.7. The van der Waals surface area contributed by atoms with Crippen LogP contribution in [0.3, 0.4) is 0 Å². The summed E-state index contributed by atoms with van der Waals surface area (Å²) in [6, 6.07) is 3.67. The van der Waals surface area contributed by atoms with Gasteiger partial charge in [0.1, 0.15) is 0 Å². The van der Waals surface area contributed by atoms with Crippen LogP contribution in [0.1, 0.15) is 37.9 Å². The highest BCUT2D eigenvalue weighted by Gasteiger charge is 2.32. The van der Waals surface area contributed by atoms with Crippen molar-refractivity contribution in [2.75, 3.05) is 13.1 Å². The van der Waals surface area contributed by atoms with E-state index in [4.69, 9.17) is 0 Å². The van der Waals surface area contributed by atoms with Gasteiger partial charge in [-0.15, -0.1) is 0 Å². The van der Waals surface area contributed by atoms with Crippen molar-refractivity contribution in [2.24, 2.45) is 0 Å². The molecule has 1 unspecified atom stereocenters. The lowest BCUT2D eigenvalue weighted by Crippen LogP contribution is -2.46. The molecule has 1 aliphatic rings. The maximum Gasteiger partial charge on any atom is 0.239 e. The summed E-state index contributed by atoms with van der Waals surface area (Å²) in [6.45, 7) is 5.83. The van der Waals surface area contributed by atoms with Gasteiger partial charge in [-0.1, -0.05) is 6.07 Å². The van der Waals surface area contributed by atoms with Crippen molar-refractivity contribution >= 4 is 17.7 Å². The Bertz CT molecular complexity index is 615. The molecule has 1 aliphatic heterocycles. The third-order valence-corrected chi connectivity index (χ3v) is 3.65. The molecular weight excluding hydrogens is 296 g/mol. The zero-order chi connectivity index (χ0) is 17.0. The van der Waals surface area contributed by atoms with Gasteiger partial charge in [-0.25, -0.2) is 0 Å². The predicted molar refractivity (Wildman–Crippen MR) is 84.4 cm³/mol. The van der Waals surface area contributed by atoms with E-state index in [9.17, 15) is 14.4 Å². The van der Waals surface area contributed by atoms with Crippen molar-refractivity contribution in [3.8, 4) is 0 Å². The molecule has 2 N–H and O–H groups in total. The smallest absolute Gasteiger partial charge is 0.239 e. The summed E-state index contributed by atoms with van der Waals surface area (Å²) in [5.41, 5.74) is 1.53. The molecule has 124 valence electrons. The lowest BCUT2D eigenvalue weighted by Gasteiger charge is -2.32. The molecule has 0 saturated heterocycles. The standard InChI is InChI=1S/C16H22N4O3/c1-10(2)19-14(22)7-18-16(23)13-9-20(11(3)21)8-12-5-4-6-17-15(12)13/h4-6,10,13H,7-9H2,1-3H3,(H,18,23)(H,19,22). The Morgan fingerprint density at radius 1 is 1.39 bits per heavy atom. The molecular formula is C16H22N4O3. The van der Waals surface area contributed by atoms with E-state index in [-0.39, 0.29) is 36.9 Å². The van der Waals surface area contributed by atoms with Gasteiger partial charge in [0.05, 0.1) is 18.2 Å². The lowest BCUT2D eigenvalue weighted by atomic mass is 9.94. The molecule has 0 saturated carbocycles. The number of nitrogens with one attached hydrogen (secondary N) is 2. The van der Waals surface area contributed by atoms with Crippen molar-refractivity contribution < 1.29 is 14.4 Å². The Hall–Kier alpha value is -2.44. The monoisotopic (exact) mass is 318 g/mol. The van der Waals surface area contributed by atoms with Crippen LogP contribution in [-0.4, -0.2) is 46.7 Å². The lowest BCUT2D eigenvalue weighted by molar-refractivity contribution is -0.132. The molecule has 7 nitrogen and oxygen atoms in total. The highest BCUT2D eigenvalue weighted by atomic mass is 16.2. The number of carbonyl (C=O) groups excluding carboxylic acids is 3. The summed E-state index contributed by atoms with van der Waals surface area (Å²) in [5, 5.41) is 5.34. The number of rotatable bonds is 4. The molecule has 1 aromatic rings. The maximum atomic E-state index is 12.5. The van der Waals surface area contributed by atoms with E-state index >= 15 is 0 Å². The number of fused-ring (bicyclic) bond motifs is 1. The fraction of sp³-hybridized carbons (Fsp3) is 0.500. The zero-order valence-corrected chi connectivity index (χ0v) is 13.6. The van der Waals surface area contributed by atoms with Gasteiger partial charge in [0.25, 0.3) is 0 Å². The minimum absolute atomic E-state index is 0.0182.